The van der Waals surface area contributed by atoms with Crippen LogP contribution in [-0.4, -0.2) is 16.4 Å². The average molecular weight is 270 g/mol. The van der Waals surface area contributed by atoms with Gasteiger partial charge >= 0.3 is 0 Å². The Bertz CT molecular complexity index is 596. The molecule has 0 fully saturated rings. The molecule has 0 saturated carbocycles. The number of aryl methyl sites for hydroxylation is 1. The van der Waals surface area contributed by atoms with Gasteiger partial charge in [-0.3, -0.25) is 4.79 Å². The van der Waals surface area contributed by atoms with E-state index in [1.54, 1.807) is 12.3 Å². The zero-order valence-electron chi connectivity index (χ0n) is 11.8. The molecule has 104 valence electrons. The van der Waals surface area contributed by atoms with Gasteiger partial charge in [0.2, 0.25) is 6.41 Å². The predicted octanol–water partition coefficient (Wildman–Crippen LogP) is 2.51. The van der Waals surface area contributed by atoms with E-state index in [1.807, 2.05) is 39.0 Å². The molecule has 0 unspecified atom stereocenters. The fourth-order valence-electron chi connectivity index (χ4n) is 2.11. The van der Waals surface area contributed by atoms with Crippen LogP contribution in [0.25, 0.3) is 0 Å². The molecule has 1 aromatic heterocycles. The van der Waals surface area contributed by atoms with Crippen LogP contribution >= 0.6 is 0 Å². The van der Waals surface area contributed by atoms with Crippen molar-refractivity contribution < 1.29 is 4.79 Å². The maximum absolute atomic E-state index is 10.7. The molecule has 0 bridgehead atoms. The van der Waals surface area contributed by atoms with Crippen LogP contribution in [0.15, 0.2) is 36.8 Å². The molecule has 2 N–H and O–H groups in total. The second-order valence-corrected chi connectivity index (χ2v) is 5.14. The quantitative estimate of drug-likeness (QED) is 0.819. The van der Waals surface area contributed by atoms with E-state index >= 15 is 0 Å². The van der Waals surface area contributed by atoms with Crippen molar-refractivity contribution in [3.05, 3.63) is 47.9 Å². The largest absolute Gasteiger partial charge is 0.350 e. The number of aromatic nitrogens is 2. The van der Waals surface area contributed by atoms with Crippen molar-refractivity contribution in [3.8, 4) is 0 Å². The molecule has 1 amide bonds. The second kappa shape index (κ2) is 5.69. The van der Waals surface area contributed by atoms with Gasteiger partial charge in [-0.25, -0.2) is 9.97 Å². The Morgan fingerprint density at radius 2 is 2.05 bits per heavy atom. The lowest BCUT2D eigenvalue weighted by molar-refractivity contribution is -0.111. The Kier molecular flexibility index (Phi) is 3.98. The summed E-state index contributed by atoms with van der Waals surface area (Å²) in [6.45, 7) is 5.97. The Morgan fingerprint density at radius 3 is 2.70 bits per heavy atom. The first-order valence-corrected chi connectivity index (χ1v) is 6.38. The summed E-state index contributed by atoms with van der Waals surface area (Å²) in [7, 11) is 0. The lowest BCUT2D eigenvalue weighted by atomic mass is 9.90. The number of hydrogen-bond acceptors (Lipinski definition) is 4. The average Bonchev–Trinajstić information content (AvgIpc) is 2.42. The van der Waals surface area contributed by atoms with Gasteiger partial charge in [0.1, 0.15) is 12.1 Å². The maximum Gasteiger partial charge on any atom is 0.207 e. The van der Waals surface area contributed by atoms with Crippen LogP contribution in [0.4, 0.5) is 11.5 Å². The number of nitrogens with one attached hydrogen (secondary N) is 2. The number of nitrogens with zero attached hydrogens (tertiary/aromatic N) is 2. The Balaban J connectivity index is 2.31. The highest BCUT2D eigenvalue weighted by molar-refractivity contribution is 5.59. The normalized spacial score (nSPS) is 10.9. The number of anilines is 2. The molecule has 20 heavy (non-hydrogen) atoms. The van der Waals surface area contributed by atoms with Gasteiger partial charge in [0, 0.05) is 11.9 Å². The summed E-state index contributed by atoms with van der Waals surface area (Å²) < 4.78 is 0. The van der Waals surface area contributed by atoms with Crippen molar-refractivity contribution in [3.63, 3.8) is 0 Å². The summed E-state index contributed by atoms with van der Waals surface area (Å²) in [6.07, 6.45) is 3.90. The van der Waals surface area contributed by atoms with E-state index < -0.39 is 5.54 Å². The fraction of sp³-hybridized carbons (Fsp3) is 0.267. The van der Waals surface area contributed by atoms with Crippen LogP contribution in [0.2, 0.25) is 0 Å². The molecular formula is C15H18N4O. The SMILES string of the molecule is Cc1ccc(Nc2ccncn2)cc1C(C)(C)NC=O. The van der Waals surface area contributed by atoms with Crippen molar-refractivity contribution in [2.24, 2.45) is 0 Å². The summed E-state index contributed by atoms with van der Waals surface area (Å²) in [6, 6.07) is 7.83. The summed E-state index contributed by atoms with van der Waals surface area (Å²) in [4.78, 5) is 18.8. The highest BCUT2D eigenvalue weighted by Gasteiger charge is 2.21. The van der Waals surface area contributed by atoms with Gasteiger partial charge in [-0.2, -0.15) is 0 Å². The van der Waals surface area contributed by atoms with Crippen LogP contribution in [-0.2, 0) is 10.3 Å². The number of carbonyl (C=O) groups excluding carboxylic acids is 1. The molecule has 0 aliphatic rings. The molecule has 0 radical (unpaired) electrons. The van der Waals surface area contributed by atoms with E-state index in [-0.39, 0.29) is 0 Å². The molecule has 5 heteroatoms. The smallest absolute Gasteiger partial charge is 0.207 e. The van der Waals surface area contributed by atoms with Gasteiger partial charge in [0.05, 0.1) is 5.54 Å². The summed E-state index contributed by atoms with van der Waals surface area (Å²) >= 11 is 0. The fourth-order valence-corrected chi connectivity index (χ4v) is 2.11. The first kappa shape index (κ1) is 14.0. The number of benzene rings is 1. The number of rotatable bonds is 5. The molecule has 0 spiro atoms. The topological polar surface area (TPSA) is 66.9 Å². The lowest BCUT2D eigenvalue weighted by Crippen LogP contribution is -2.36. The van der Waals surface area contributed by atoms with E-state index in [4.69, 9.17) is 0 Å². The van der Waals surface area contributed by atoms with Crippen molar-refractivity contribution in [1.82, 2.24) is 15.3 Å². The lowest BCUT2D eigenvalue weighted by Gasteiger charge is -2.27. The van der Waals surface area contributed by atoms with E-state index in [9.17, 15) is 4.79 Å². The summed E-state index contributed by atoms with van der Waals surface area (Å²) in [5, 5.41) is 6.05. The number of carbonyl (C=O) groups is 1. The molecule has 0 aliphatic carbocycles. The van der Waals surface area contributed by atoms with Crippen LogP contribution in [0.3, 0.4) is 0 Å². The third-order valence-corrected chi connectivity index (χ3v) is 3.19. The van der Waals surface area contributed by atoms with E-state index in [0.717, 1.165) is 29.0 Å². The third-order valence-electron chi connectivity index (χ3n) is 3.19. The van der Waals surface area contributed by atoms with Crippen molar-refractivity contribution in [2.45, 2.75) is 26.3 Å². The predicted molar refractivity (Wildman–Crippen MR) is 78.7 cm³/mol. The van der Waals surface area contributed by atoms with Gasteiger partial charge in [0.15, 0.2) is 0 Å². The van der Waals surface area contributed by atoms with E-state index in [0.29, 0.717) is 0 Å². The minimum Gasteiger partial charge on any atom is -0.350 e. The molecular weight excluding hydrogens is 252 g/mol. The van der Waals surface area contributed by atoms with Crippen molar-refractivity contribution >= 4 is 17.9 Å². The summed E-state index contributed by atoms with van der Waals surface area (Å²) in [5.74, 6) is 0.732. The van der Waals surface area contributed by atoms with Gasteiger partial charge in [-0.1, -0.05) is 6.07 Å². The van der Waals surface area contributed by atoms with Gasteiger partial charge in [0.25, 0.3) is 0 Å². The second-order valence-electron chi connectivity index (χ2n) is 5.14. The number of amides is 1. The Morgan fingerprint density at radius 1 is 1.25 bits per heavy atom. The molecule has 0 atom stereocenters. The van der Waals surface area contributed by atoms with Gasteiger partial charge in [-0.05, 0) is 50.1 Å². The maximum atomic E-state index is 10.7. The summed E-state index contributed by atoms with van der Waals surface area (Å²) in [5.41, 5.74) is 2.68. The highest BCUT2D eigenvalue weighted by Crippen LogP contribution is 2.27. The standard InChI is InChI=1S/C15H18N4O/c1-11-4-5-12(19-14-6-7-16-9-17-14)8-13(11)15(2,3)18-10-20/h4-10H,1-3H3,(H,18,20)(H,16,17,19). The Hall–Kier alpha value is -2.43. The van der Waals surface area contributed by atoms with Crippen LogP contribution in [0.1, 0.15) is 25.0 Å². The molecule has 0 saturated heterocycles. The van der Waals surface area contributed by atoms with Crippen molar-refractivity contribution in [2.75, 3.05) is 5.32 Å². The molecule has 1 aromatic carbocycles. The Labute approximate surface area is 118 Å². The molecule has 1 heterocycles. The first-order chi connectivity index (χ1) is 9.53. The van der Waals surface area contributed by atoms with Crippen LogP contribution in [0, 0.1) is 6.92 Å². The molecule has 2 rings (SSSR count). The minimum atomic E-state index is -0.421. The van der Waals surface area contributed by atoms with Crippen LogP contribution in [0.5, 0.6) is 0 Å². The first-order valence-electron chi connectivity index (χ1n) is 6.38. The van der Waals surface area contributed by atoms with Crippen LogP contribution < -0.4 is 10.6 Å². The van der Waals surface area contributed by atoms with E-state index in [2.05, 4.69) is 20.6 Å². The molecule has 0 aliphatic heterocycles. The molecule has 5 nitrogen and oxygen atoms in total. The zero-order chi connectivity index (χ0) is 14.6. The monoisotopic (exact) mass is 270 g/mol. The van der Waals surface area contributed by atoms with E-state index in [1.165, 1.54) is 6.33 Å². The van der Waals surface area contributed by atoms with Gasteiger partial charge in [-0.15, -0.1) is 0 Å². The highest BCUT2D eigenvalue weighted by atomic mass is 16.1. The van der Waals surface area contributed by atoms with Gasteiger partial charge < -0.3 is 10.6 Å². The third kappa shape index (κ3) is 3.12. The molecule has 2 aromatic rings. The zero-order valence-corrected chi connectivity index (χ0v) is 11.8. The van der Waals surface area contributed by atoms with Crippen molar-refractivity contribution in [1.29, 1.82) is 0 Å². The minimum absolute atomic E-state index is 0.421. The number of hydrogen-bond donors (Lipinski definition) is 2.